The molecular formula is C35H58O5. The molecule has 0 saturated carbocycles. The van der Waals surface area contributed by atoms with Crippen LogP contribution in [0.5, 0.6) is 0 Å². The standard InChI is InChI=1S/C35H58O5/c1-3-4-5-6-7-8-12-15-18-21-24-31(36)33-26-27-34(40-33)32(37)25-22-19-16-13-10-9-11-14-17-20-23-30-28-29(2)39-35(30)38/h15-20,28-29,31-34,36-37H,3-14,21-27H2,1-2H3/b18-15+,19-16+,20-17+/t29-,31-,32+,33-,34+/m0/s1. The first kappa shape index (κ1) is 34.5. The van der Waals surface area contributed by atoms with Gasteiger partial charge in [0.15, 0.2) is 0 Å². The van der Waals surface area contributed by atoms with E-state index in [0.29, 0.717) is 12.8 Å². The summed E-state index contributed by atoms with van der Waals surface area (Å²) in [7, 11) is 0. The first-order valence-electron chi connectivity index (χ1n) is 16.4. The second-order valence-electron chi connectivity index (χ2n) is 11.7. The largest absolute Gasteiger partial charge is 0.455 e. The van der Waals surface area contributed by atoms with E-state index < -0.39 is 12.2 Å². The van der Waals surface area contributed by atoms with Crippen LogP contribution in [0.2, 0.25) is 0 Å². The molecule has 0 aromatic rings. The summed E-state index contributed by atoms with van der Waals surface area (Å²) in [6.07, 6.45) is 34.0. The topological polar surface area (TPSA) is 76.0 Å². The predicted molar refractivity (Wildman–Crippen MR) is 165 cm³/mol. The van der Waals surface area contributed by atoms with E-state index in [-0.39, 0.29) is 24.3 Å². The number of carbonyl (C=O) groups excluding carboxylic acids is 1. The van der Waals surface area contributed by atoms with E-state index in [0.717, 1.165) is 63.4 Å². The van der Waals surface area contributed by atoms with Crippen LogP contribution >= 0.6 is 0 Å². The molecule has 40 heavy (non-hydrogen) atoms. The van der Waals surface area contributed by atoms with Crippen LogP contribution < -0.4 is 0 Å². The number of allylic oxidation sites excluding steroid dienone is 6. The van der Waals surface area contributed by atoms with Gasteiger partial charge in [0.05, 0.1) is 24.4 Å². The second kappa shape index (κ2) is 22.0. The van der Waals surface area contributed by atoms with Crippen LogP contribution in [0.3, 0.4) is 0 Å². The van der Waals surface area contributed by atoms with Crippen molar-refractivity contribution in [3.05, 3.63) is 48.1 Å². The van der Waals surface area contributed by atoms with Gasteiger partial charge >= 0.3 is 5.97 Å². The van der Waals surface area contributed by atoms with E-state index in [4.69, 9.17) is 9.47 Å². The highest BCUT2D eigenvalue weighted by molar-refractivity contribution is 5.91. The van der Waals surface area contributed by atoms with E-state index in [1.807, 2.05) is 13.0 Å². The number of carbonyl (C=O) groups is 1. The Kier molecular flexibility index (Phi) is 19.0. The van der Waals surface area contributed by atoms with Crippen molar-refractivity contribution in [1.82, 2.24) is 0 Å². The van der Waals surface area contributed by atoms with Crippen molar-refractivity contribution in [2.75, 3.05) is 0 Å². The van der Waals surface area contributed by atoms with E-state index in [2.05, 4.69) is 43.4 Å². The number of aliphatic hydroxyl groups excluding tert-OH is 2. The Bertz CT molecular complexity index is 783. The van der Waals surface area contributed by atoms with Crippen LogP contribution in [0.4, 0.5) is 0 Å². The Morgan fingerprint density at radius 2 is 1.23 bits per heavy atom. The Morgan fingerprint density at radius 1 is 0.750 bits per heavy atom. The van der Waals surface area contributed by atoms with Crippen molar-refractivity contribution in [2.24, 2.45) is 0 Å². The van der Waals surface area contributed by atoms with Gasteiger partial charge < -0.3 is 19.7 Å². The van der Waals surface area contributed by atoms with E-state index in [9.17, 15) is 15.0 Å². The molecule has 0 bridgehead atoms. The molecule has 5 atom stereocenters. The number of ether oxygens (including phenoxy) is 2. The van der Waals surface area contributed by atoms with Gasteiger partial charge in [-0.1, -0.05) is 81.9 Å². The Morgan fingerprint density at radius 3 is 1.75 bits per heavy atom. The lowest BCUT2D eigenvalue weighted by Crippen LogP contribution is -2.30. The zero-order chi connectivity index (χ0) is 28.8. The lowest BCUT2D eigenvalue weighted by Gasteiger charge is -2.21. The van der Waals surface area contributed by atoms with Crippen molar-refractivity contribution in [2.45, 2.75) is 166 Å². The molecule has 1 saturated heterocycles. The molecule has 228 valence electrons. The number of esters is 1. The summed E-state index contributed by atoms with van der Waals surface area (Å²) >= 11 is 0. The number of unbranched alkanes of at least 4 members (excludes halogenated alkanes) is 10. The smallest absolute Gasteiger partial charge is 0.334 e. The summed E-state index contributed by atoms with van der Waals surface area (Å²) in [6, 6.07) is 0. The summed E-state index contributed by atoms with van der Waals surface area (Å²) in [4.78, 5) is 11.6. The first-order valence-corrected chi connectivity index (χ1v) is 16.4. The molecule has 0 aliphatic carbocycles. The van der Waals surface area contributed by atoms with Gasteiger partial charge in [0.1, 0.15) is 6.10 Å². The molecule has 5 nitrogen and oxygen atoms in total. The van der Waals surface area contributed by atoms with Crippen molar-refractivity contribution in [3.8, 4) is 0 Å². The number of hydrogen-bond acceptors (Lipinski definition) is 5. The summed E-state index contributed by atoms with van der Waals surface area (Å²) in [6.45, 7) is 4.14. The van der Waals surface area contributed by atoms with Crippen molar-refractivity contribution in [1.29, 1.82) is 0 Å². The highest BCUT2D eigenvalue weighted by atomic mass is 16.5. The lowest BCUT2D eigenvalue weighted by molar-refractivity contribution is -0.139. The highest BCUT2D eigenvalue weighted by Crippen LogP contribution is 2.28. The minimum atomic E-state index is -0.462. The number of rotatable bonds is 23. The van der Waals surface area contributed by atoms with Gasteiger partial charge in [-0.2, -0.15) is 0 Å². The van der Waals surface area contributed by atoms with Gasteiger partial charge in [-0.3, -0.25) is 0 Å². The van der Waals surface area contributed by atoms with E-state index >= 15 is 0 Å². The fourth-order valence-corrected chi connectivity index (χ4v) is 5.49. The maximum Gasteiger partial charge on any atom is 0.334 e. The average Bonchev–Trinajstić information content (AvgIpc) is 3.56. The van der Waals surface area contributed by atoms with Crippen LogP contribution in [0.1, 0.15) is 136 Å². The maximum atomic E-state index is 11.6. The average molecular weight is 559 g/mol. The second-order valence-corrected chi connectivity index (χ2v) is 11.7. The third-order valence-electron chi connectivity index (χ3n) is 8.00. The molecule has 0 unspecified atom stereocenters. The monoisotopic (exact) mass is 558 g/mol. The van der Waals surface area contributed by atoms with Gasteiger partial charge in [0, 0.05) is 5.57 Å². The summed E-state index contributed by atoms with van der Waals surface area (Å²) < 4.78 is 11.1. The van der Waals surface area contributed by atoms with Gasteiger partial charge in [0.25, 0.3) is 0 Å². The molecule has 2 aliphatic rings. The minimum absolute atomic E-state index is 0.0865. The van der Waals surface area contributed by atoms with Gasteiger partial charge in [-0.15, -0.1) is 0 Å². The van der Waals surface area contributed by atoms with Crippen LogP contribution in [-0.2, 0) is 14.3 Å². The quantitative estimate of drug-likeness (QED) is 0.0747. The molecular weight excluding hydrogens is 500 g/mol. The lowest BCUT2D eigenvalue weighted by atomic mass is 10.0. The molecule has 5 heteroatoms. The molecule has 2 heterocycles. The molecule has 0 spiro atoms. The van der Waals surface area contributed by atoms with Crippen LogP contribution in [-0.4, -0.2) is 46.7 Å². The first-order chi connectivity index (χ1) is 19.5. The molecule has 2 N–H and O–H groups in total. The van der Waals surface area contributed by atoms with Crippen LogP contribution in [0.15, 0.2) is 48.1 Å². The number of cyclic esters (lactones) is 1. The fraction of sp³-hybridized carbons (Fsp3) is 0.743. The van der Waals surface area contributed by atoms with Crippen molar-refractivity contribution >= 4 is 5.97 Å². The summed E-state index contributed by atoms with van der Waals surface area (Å²) in [5.41, 5.74) is 0.771. The summed E-state index contributed by atoms with van der Waals surface area (Å²) in [5.74, 6) is -0.178. The Balaban J connectivity index is 1.42. The SMILES string of the molecule is CCCCCCCC/C=C/CC[C@H](O)[C@@H]1CC[C@H]([C@H](O)CC/C=C/CCCCC/C=C/CC2=C[C@H](C)OC2=O)O1. The fourth-order valence-electron chi connectivity index (χ4n) is 5.49. The van der Waals surface area contributed by atoms with Gasteiger partial charge in [-0.05, 0) is 96.5 Å². The third-order valence-corrected chi connectivity index (χ3v) is 8.00. The molecule has 0 aromatic carbocycles. The maximum absolute atomic E-state index is 11.6. The number of hydrogen-bond donors (Lipinski definition) is 2. The molecule has 0 amide bonds. The predicted octanol–water partition coefficient (Wildman–Crippen LogP) is 8.45. The van der Waals surface area contributed by atoms with Crippen molar-refractivity contribution < 1.29 is 24.5 Å². The van der Waals surface area contributed by atoms with E-state index in [1.165, 1.54) is 51.4 Å². The van der Waals surface area contributed by atoms with E-state index in [1.54, 1.807) is 0 Å². The van der Waals surface area contributed by atoms with Gasteiger partial charge in [-0.25, -0.2) is 4.79 Å². The molecule has 0 aromatic heterocycles. The molecule has 2 aliphatic heterocycles. The minimum Gasteiger partial charge on any atom is -0.455 e. The van der Waals surface area contributed by atoms with Gasteiger partial charge in [0.2, 0.25) is 0 Å². The number of aliphatic hydroxyl groups is 2. The zero-order valence-electron chi connectivity index (χ0n) is 25.5. The normalized spacial score (nSPS) is 23.1. The molecule has 2 rings (SSSR count). The molecule has 1 fully saturated rings. The van der Waals surface area contributed by atoms with Crippen LogP contribution in [0.25, 0.3) is 0 Å². The van der Waals surface area contributed by atoms with Crippen molar-refractivity contribution in [3.63, 3.8) is 0 Å². The zero-order valence-corrected chi connectivity index (χ0v) is 25.5. The Hall–Kier alpha value is -1.69. The summed E-state index contributed by atoms with van der Waals surface area (Å²) in [5, 5.41) is 21.1. The highest BCUT2D eigenvalue weighted by Gasteiger charge is 2.33. The molecule has 0 radical (unpaired) electrons. The Labute approximate surface area is 244 Å². The van der Waals surface area contributed by atoms with Crippen LogP contribution in [0, 0.1) is 0 Å². The third kappa shape index (κ3) is 15.3.